The van der Waals surface area contributed by atoms with Gasteiger partial charge in [0, 0.05) is 13.0 Å². The maximum atomic E-state index is 8.56. The summed E-state index contributed by atoms with van der Waals surface area (Å²) >= 11 is 0. The Hall–Kier alpha value is -0.940. The van der Waals surface area contributed by atoms with Crippen molar-refractivity contribution < 1.29 is 5.11 Å². The van der Waals surface area contributed by atoms with E-state index < -0.39 is 5.54 Å². The van der Waals surface area contributed by atoms with Crippen molar-refractivity contribution in [3.05, 3.63) is 0 Å². The lowest BCUT2D eigenvalue weighted by molar-refractivity contribution is 0.278. The Kier molecular flexibility index (Phi) is 1.69. The number of hydrogen-bond donors (Lipinski definition) is 3. The van der Waals surface area contributed by atoms with Crippen LogP contribution >= 0.6 is 0 Å². The summed E-state index contributed by atoms with van der Waals surface area (Å²) < 4.78 is 0. The van der Waals surface area contributed by atoms with Gasteiger partial charge in [-0.25, -0.2) is 0 Å². The number of nitrogens with zero attached hydrogens (tertiary/aromatic N) is 2. The van der Waals surface area contributed by atoms with Crippen molar-refractivity contribution in [1.29, 1.82) is 0 Å². The third kappa shape index (κ3) is 1.01. The molecule has 5 nitrogen and oxygen atoms in total. The van der Waals surface area contributed by atoms with Crippen LogP contribution in [-0.2, 0) is 0 Å². The quantitative estimate of drug-likeness (QED) is 0.434. The number of amidine groups is 1. The van der Waals surface area contributed by atoms with Gasteiger partial charge in [0.2, 0.25) is 0 Å². The monoisotopic (exact) mass is 142 g/mol. The molecule has 56 valence electrons. The number of rotatable bonds is 2. The zero-order chi connectivity index (χ0) is 7.61. The molecule has 0 aromatic rings. The van der Waals surface area contributed by atoms with Gasteiger partial charge in [-0.1, -0.05) is 0 Å². The number of aliphatic hydroxyl groups is 1. The summed E-state index contributed by atoms with van der Waals surface area (Å²) in [6.07, 6.45) is 1.81. The highest BCUT2D eigenvalue weighted by atomic mass is 16.3. The maximum Gasteiger partial charge on any atom is 0.148 e. The zero-order valence-corrected chi connectivity index (χ0v) is 5.49. The molecule has 0 bridgehead atoms. The van der Waals surface area contributed by atoms with Gasteiger partial charge in [-0.2, -0.15) is 5.10 Å². The highest BCUT2D eigenvalue weighted by molar-refractivity contribution is 6.07. The van der Waals surface area contributed by atoms with E-state index in [0.29, 0.717) is 6.42 Å². The minimum Gasteiger partial charge on any atom is -0.396 e. The minimum absolute atomic E-state index is 0.0151. The lowest BCUT2D eigenvalue weighted by Gasteiger charge is -2.17. The molecule has 0 aliphatic carbocycles. The Morgan fingerprint density at radius 2 is 2.40 bits per heavy atom. The molecule has 1 aliphatic rings. The van der Waals surface area contributed by atoms with E-state index in [-0.39, 0.29) is 12.4 Å². The van der Waals surface area contributed by atoms with E-state index in [0.717, 1.165) is 0 Å². The fourth-order valence-electron chi connectivity index (χ4n) is 0.731. The maximum absolute atomic E-state index is 8.56. The van der Waals surface area contributed by atoms with Crippen LogP contribution in [0.2, 0.25) is 0 Å². The molecule has 10 heavy (non-hydrogen) atoms. The predicted molar refractivity (Wildman–Crippen MR) is 38.7 cm³/mol. The molecule has 0 aromatic carbocycles. The zero-order valence-electron chi connectivity index (χ0n) is 5.49. The first kappa shape index (κ1) is 7.17. The molecule has 5 N–H and O–H groups in total. The van der Waals surface area contributed by atoms with Crippen LogP contribution in [0.1, 0.15) is 6.42 Å². The standard InChI is InChI=1S/C5H10N4O/c6-4-5(7,1-2-10)3-8-9-4/h3,10H,1-2,7H2,(H2,6,9). The van der Waals surface area contributed by atoms with E-state index in [1.165, 1.54) is 6.21 Å². The van der Waals surface area contributed by atoms with Crippen LogP contribution in [0, 0.1) is 0 Å². The first-order valence-electron chi connectivity index (χ1n) is 2.97. The second-order valence-corrected chi connectivity index (χ2v) is 2.24. The normalized spacial score (nSPS) is 30.8. The molecule has 0 radical (unpaired) electrons. The summed E-state index contributed by atoms with van der Waals surface area (Å²) in [5, 5.41) is 15.6. The summed E-state index contributed by atoms with van der Waals surface area (Å²) in [6, 6.07) is 0. The minimum atomic E-state index is -0.811. The summed E-state index contributed by atoms with van der Waals surface area (Å²) in [5.41, 5.74) is 10.2. The summed E-state index contributed by atoms with van der Waals surface area (Å²) in [7, 11) is 0. The molecule has 0 aromatic heterocycles. The molecular formula is C5H10N4O. The van der Waals surface area contributed by atoms with Gasteiger partial charge in [0.15, 0.2) is 0 Å². The van der Waals surface area contributed by atoms with Crippen LogP contribution < -0.4 is 11.5 Å². The van der Waals surface area contributed by atoms with Crippen LogP contribution in [0.25, 0.3) is 0 Å². The van der Waals surface area contributed by atoms with Crippen LogP contribution in [-0.4, -0.2) is 29.3 Å². The highest BCUT2D eigenvalue weighted by Gasteiger charge is 2.30. The lowest BCUT2D eigenvalue weighted by Crippen LogP contribution is -2.52. The van der Waals surface area contributed by atoms with Gasteiger partial charge < -0.3 is 16.6 Å². The number of aliphatic hydroxyl groups excluding tert-OH is 1. The van der Waals surface area contributed by atoms with Crippen LogP contribution in [0.4, 0.5) is 0 Å². The Morgan fingerprint density at radius 3 is 2.80 bits per heavy atom. The fourth-order valence-corrected chi connectivity index (χ4v) is 0.731. The average Bonchev–Trinajstić information content (AvgIpc) is 2.15. The van der Waals surface area contributed by atoms with E-state index in [2.05, 4.69) is 10.2 Å². The topological polar surface area (TPSA) is 97.0 Å². The third-order valence-corrected chi connectivity index (χ3v) is 1.46. The molecule has 0 spiro atoms. The van der Waals surface area contributed by atoms with Gasteiger partial charge >= 0.3 is 0 Å². The average molecular weight is 142 g/mol. The third-order valence-electron chi connectivity index (χ3n) is 1.46. The van der Waals surface area contributed by atoms with Crippen molar-refractivity contribution in [3.8, 4) is 0 Å². The van der Waals surface area contributed by atoms with Gasteiger partial charge in [0.05, 0.1) is 6.21 Å². The molecule has 1 rings (SSSR count). The van der Waals surface area contributed by atoms with Crippen molar-refractivity contribution in [3.63, 3.8) is 0 Å². The van der Waals surface area contributed by atoms with Gasteiger partial charge in [-0.05, 0) is 0 Å². The molecule has 1 atom stereocenters. The van der Waals surface area contributed by atoms with Crippen LogP contribution in [0.3, 0.4) is 0 Å². The Balaban J connectivity index is 2.69. The van der Waals surface area contributed by atoms with Gasteiger partial charge in [-0.3, -0.25) is 0 Å². The summed E-state index contributed by atoms with van der Waals surface area (Å²) in [5.74, 6) is 0.265. The second-order valence-electron chi connectivity index (χ2n) is 2.24. The van der Waals surface area contributed by atoms with Crippen LogP contribution in [0.15, 0.2) is 10.2 Å². The highest BCUT2D eigenvalue weighted by Crippen LogP contribution is 2.08. The molecular weight excluding hydrogens is 132 g/mol. The molecule has 0 saturated heterocycles. The molecule has 0 saturated carbocycles. The fraction of sp³-hybridized carbons (Fsp3) is 0.600. The Labute approximate surface area is 58.4 Å². The second kappa shape index (κ2) is 2.36. The Bertz CT molecular complexity index is 188. The van der Waals surface area contributed by atoms with E-state index in [1.807, 2.05) is 0 Å². The molecule has 1 heterocycles. The molecule has 1 aliphatic heterocycles. The van der Waals surface area contributed by atoms with Crippen molar-refractivity contribution in [2.75, 3.05) is 6.61 Å². The number of nitrogens with two attached hydrogens (primary N) is 2. The molecule has 0 amide bonds. The van der Waals surface area contributed by atoms with Crippen molar-refractivity contribution in [1.82, 2.24) is 0 Å². The van der Waals surface area contributed by atoms with E-state index in [9.17, 15) is 0 Å². The largest absolute Gasteiger partial charge is 0.396 e. The summed E-state index contributed by atoms with van der Waals surface area (Å²) in [6.45, 7) is -0.0151. The number of hydrogen-bond acceptors (Lipinski definition) is 5. The molecule has 1 unspecified atom stereocenters. The Morgan fingerprint density at radius 1 is 1.70 bits per heavy atom. The van der Waals surface area contributed by atoms with Gasteiger partial charge in [-0.15, -0.1) is 5.10 Å². The predicted octanol–water partition coefficient (Wildman–Crippen LogP) is -1.58. The molecule has 0 fully saturated rings. The van der Waals surface area contributed by atoms with Gasteiger partial charge in [0.1, 0.15) is 11.4 Å². The van der Waals surface area contributed by atoms with Crippen molar-refractivity contribution in [2.24, 2.45) is 21.7 Å². The van der Waals surface area contributed by atoms with E-state index >= 15 is 0 Å². The van der Waals surface area contributed by atoms with Gasteiger partial charge in [0.25, 0.3) is 0 Å². The molecule has 5 heteroatoms. The van der Waals surface area contributed by atoms with Crippen molar-refractivity contribution >= 4 is 12.1 Å². The van der Waals surface area contributed by atoms with E-state index in [1.54, 1.807) is 0 Å². The smallest absolute Gasteiger partial charge is 0.148 e. The first-order chi connectivity index (χ1) is 4.69. The van der Waals surface area contributed by atoms with Crippen molar-refractivity contribution in [2.45, 2.75) is 12.0 Å². The first-order valence-corrected chi connectivity index (χ1v) is 2.97. The van der Waals surface area contributed by atoms with E-state index in [4.69, 9.17) is 16.6 Å². The lowest BCUT2D eigenvalue weighted by atomic mass is 9.98. The SMILES string of the molecule is NC1=NN=CC1(N)CCO. The summed E-state index contributed by atoms with van der Waals surface area (Å²) in [4.78, 5) is 0. The van der Waals surface area contributed by atoms with Crippen LogP contribution in [0.5, 0.6) is 0 Å².